The summed E-state index contributed by atoms with van der Waals surface area (Å²) < 4.78 is 43.4. The standard InChI is InChI=1S/C20H17ClN2O8S2/c1-9-5-14-15(30-8-29-14)7-11(9)12(20(25)26)6-13(24)18-16(3-4-32-18)33(27,28)23-19-17(21)10(2)22-31-19/h3-5,7,12,23H,6,8H2,1-2H3,(H,25,26). The maximum atomic E-state index is 13.1. The Morgan fingerprint density at radius 3 is 2.61 bits per heavy atom. The Balaban J connectivity index is 1.62. The van der Waals surface area contributed by atoms with Crippen LogP contribution in [0.5, 0.6) is 11.5 Å². The van der Waals surface area contributed by atoms with Crippen LogP contribution < -0.4 is 14.2 Å². The summed E-state index contributed by atoms with van der Waals surface area (Å²) in [5.41, 5.74) is 1.28. The lowest BCUT2D eigenvalue weighted by Crippen LogP contribution is -2.19. The van der Waals surface area contributed by atoms with E-state index in [1.807, 2.05) is 0 Å². The molecule has 0 radical (unpaired) electrons. The van der Waals surface area contributed by atoms with E-state index in [2.05, 4.69) is 9.88 Å². The van der Waals surface area contributed by atoms with Crippen molar-refractivity contribution < 1.29 is 37.1 Å². The van der Waals surface area contributed by atoms with Gasteiger partial charge in [0.15, 0.2) is 17.3 Å². The second kappa shape index (κ2) is 8.69. The minimum atomic E-state index is -4.25. The molecule has 0 aliphatic carbocycles. The second-order valence-corrected chi connectivity index (χ2v) is 10.2. The van der Waals surface area contributed by atoms with Gasteiger partial charge in [-0.2, -0.15) is 0 Å². The number of carboxylic acid groups (broad SMARTS) is 1. The van der Waals surface area contributed by atoms with Crippen molar-refractivity contribution in [1.29, 1.82) is 0 Å². The largest absolute Gasteiger partial charge is 0.481 e. The molecule has 1 aliphatic rings. The normalized spacial score (nSPS) is 13.7. The minimum absolute atomic E-state index is 0.00842. The summed E-state index contributed by atoms with van der Waals surface area (Å²) in [7, 11) is -4.25. The summed E-state index contributed by atoms with van der Waals surface area (Å²) >= 11 is 6.87. The molecule has 2 N–H and O–H groups in total. The number of ketones is 1. The number of carboxylic acids is 1. The maximum Gasteiger partial charge on any atom is 0.311 e. The minimum Gasteiger partial charge on any atom is -0.481 e. The van der Waals surface area contributed by atoms with Gasteiger partial charge in [0.1, 0.15) is 15.6 Å². The molecule has 33 heavy (non-hydrogen) atoms. The number of hydrogen-bond donors (Lipinski definition) is 2. The number of sulfonamides is 1. The van der Waals surface area contributed by atoms with Crippen LogP contribution in [0.1, 0.15) is 38.8 Å². The highest BCUT2D eigenvalue weighted by Crippen LogP contribution is 2.39. The van der Waals surface area contributed by atoms with Gasteiger partial charge in [-0.15, -0.1) is 11.3 Å². The highest BCUT2D eigenvalue weighted by molar-refractivity contribution is 7.93. The lowest BCUT2D eigenvalue weighted by Gasteiger charge is -2.16. The number of halogens is 1. The molecule has 1 atom stereocenters. The number of thiophene rings is 1. The molecule has 13 heteroatoms. The molecule has 1 aromatic carbocycles. The number of hydrogen-bond acceptors (Lipinski definition) is 9. The van der Waals surface area contributed by atoms with E-state index < -0.39 is 34.1 Å². The third-order valence-corrected chi connectivity index (χ3v) is 7.92. The molecule has 0 saturated carbocycles. The quantitative estimate of drug-likeness (QED) is 0.428. The molecule has 0 bridgehead atoms. The smallest absolute Gasteiger partial charge is 0.311 e. The van der Waals surface area contributed by atoms with E-state index >= 15 is 0 Å². The predicted molar refractivity (Wildman–Crippen MR) is 118 cm³/mol. The van der Waals surface area contributed by atoms with E-state index in [1.54, 1.807) is 13.0 Å². The van der Waals surface area contributed by atoms with Crippen LogP contribution in [-0.2, 0) is 14.8 Å². The SMILES string of the molecule is Cc1cc2c(cc1C(CC(=O)c1sccc1S(=O)(=O)Nc1onc(C)c1Cl)C(=O)O)OCO2. The Hall–Kier alpha value is -3.09. The molecule has 10 nitrogen and oxygen atoms in total. The molecule has 4 rings (SSSR count). The van der Waals surface area contributed by atoms with Gasteiger partial charge in [0.05, 0.1) is 10.8 Å². The molecule has 0 spiro atoms. The summed E-state index contributed by atoms with van der Waals surface area (Å²) in [6.45, 7) is 3.26. The number of aliphatic carboxylic acids is 1. The molecule has 0 fully saturated rings. The van der Waals surface area contributed by atoms with Gasteiger partial charge in [-0.05, 0) is 48.6 Å². The van der Waals surface area contributed by atoms with Crippen molar-refractivity contribution in [2.24, 2.45) is 0 Å². The number of carbonyl (C=O) groups is 2. The molecular formula is C20H17ClN2O8S2. The van der Waals surface area contributed by atoms with E-state index in [1.165, 1.54) is 24.4 Å². The fourth-order valence-corrected chi connectivity index (χ4v) is 5.92. The zero-order valence-corrected chi connectivity index (χ0v) is 19.6. The molecule has 3 aromatic rings. The Morgan fingerprint density at radius 2 is 1.97 bits per heavy atom. The lowest BCUT2D eigenvalue weighted by atomic mass is 9.90. The van der Waals surface area contributed by atoms with Crippen LogP contribution in [-0.4, -0.2) is 37.2 Å². The van der Waals surface area contributed by atoms with Gasteiger partial charge in [-0.1, -0.05) is 16.8 Å². The number of aromatic nitrogens is 1. The van der Waals surface area contributed by atoms with Crippen molar-refractivity contribution in [3.8, 4) is 11.5 Å². The van der Waals surface area contributed by atoms with Gasteiger partial charge in [-0.3, -0.25) is 9.59 Å². The number of aryl methyl sites for hydroxylation is 2. The van der Waals surface area contributed by atoms with Crippen LogP contribution in [0, 0.1) is 13.8 Å². The van der Waals surface area contributed by atoms with E-state index in [0.29, 0.717) is 28.3 Å². The number of anilines is 1. The summed E-state index contributed by atoms with van der Waals surface area (Å²) in [4.78, 5) is 24.7. The van der Waals surface area contributed by atoms with Gasteiger partial charge in [0.25, 0.3) is 15.9 Å². The Kier molecular flexibility index (Phi) is 6.08. The highest BCUT2D eigenvalue weighted by atomic mass is 35.5. The molecule has 1 aliphatic heterocycles. The first kappa shape index (κ1) is 23.1. The maximum absolute atomic E-state index is 13.1. The first-order valence-electron chi connectivity index (χ1n) is 9.46. The Bertz CT molecular complexity index is 1360. The average molecular weight is 513 g/mol. The van der Waals surface area contributed by atoms with Gasteiger partial charge < -0.3 is 19.1 Å². The van der Waals surface area contributed by atoms with Gasteiger partial charge in [-0.25, -0.2) is 13.1 Å². The summed E-state index contributed by atoms with van der Waals surface area (Å²) in [6.07, 6.45) is -0.457. The lowest BCUT2D eigenvalue weighted by molar-refractivity contribution is -0.138. The zero-order chi connectivity index (χ0) is 23.9. The predicted octanol–water partition coefficient (Wildman–Crippen LogP) is 3.98. The van der Waals surface area contributed by atoms with Crippen LogP contribution in [0.4, 0.5) is 5.88 Å². The molecule has 3 heterocycles. The van der Waals surface area contributed by atoms with Gasteiger partial charge in [0.2, 0.25) is 6.79 Å². The van der Waals surface area contributed by atoms with Gasteiger partial charge in [0, 0.05) is 6.42 Å². The summed E-state index contributed by atoms with van der Waals surface area (Å²) in [5, 5.41) is 14.8. The number of fused-ring (bicyclic) bond motifs is 1. The summed E-state index contributed by atoms with van der Waals surface area (Å²) in [6, 6.07) is 4.43. The van der Waals surface area contributed by atoms with Crippen LogP contribution in [0.15, 0.2) is 33.0 Å². The van der Waals surface area contributed by atoms with Crippen LogP contribution >= 0.6 is 22.9 Å². The van der Waals surface area contributed by atoms with Crippen LogP contribution in [0.2, 0.25) is 5.02 Å². The number of carbonyl (C=O) groups excluding carboxylic acids is 1. The zero-order valence-electron chi connectivity index (χ0n) is 17.2. The first-order chi connectivity index (χ1) is 15.6. The number of nitrogens with one attached hydrogen (secondary N) is 1. The molecule has 174 valence electrons. The van der Waals surface area contributed by atoms with Crippen LogP contribution in [0.25, 0.3) is 0 Å². The van der Waals surface area contributed by atoms with Crippen molar-refractivity contribution in [2.45, 2.75) is 31.1 Å². The molecule has 0 saturated heterocycles. The second-order valence-electron chi connectivity index (χ2n) is 7.21. The van der Waals surface area contributed by atoms with E-state index in [-0.39, 0.29) is 27.5 Å². The number of Topliss-reactive ketones (excluding diaryl/α,β-unsaturated/α-hetero) is 1. The third kappa shape index (κ3) is 4.41. The Labute approximate surface area is 197 Å². The number of nitrogens with zero attached hydrogens (tertiary/aromatic N) is 1. The fraction of sp³-hybridized carbons (Fsp3) is 0.250. The van der Waals surface area contributed by atoms with Crippen molar-refractivity contribution in [3.05, 3.63) is 50.3 Å². The highest BCUT2D eigenvalue weighted by Gasteiger charge is 2.32. The van der Waals surface area contributed by atoms with E-state index in [9.17, 15) is 23.1 Å². The monoisotopic (exact) mass is 512 g/mol. The molecule has 2 aromatic heterocycles. The molecule has 0 amide bonds. The van der Waals surface area contributed by atoms with Crippen molar-refractivity contribution in [2.75, 3.05) is 11.5 Å². The molecule has 1 unspecified atom stereocenters. The number of benzene rings is 1. The first-order valence-corrected chi connectivity index (χ1v) is 12.2. The van der Waals surface area contributed by atoms with Gasteiger partial charge >= 0.3 is 5.97 Å². The average Bonchev–Trinajstić information content (AvgIpc) is 3.48. The molecular weight excluding hydrogens is 496 g/mol. The third-order valence-electron chi connectivity index (χ3n) is 5.01. The topological polar surface area (TPSA) is 145 Å². The number of ether oxygens (including phenoxy) is 2. The summed E-state index contributed by atoms with van der Waals surface area (Å²) in [5.74, 6) is -2.49. The number of rotatable bonds is 8. The van der Waals surface area contributed by atoms with Crippen molar-refractivity contribution in [3.63, 3.8) is 0 Å². The Morgan fingerprint density at radius 1 is 1.27 bits per heavy atom. The van der Waals surface area contributed by atoms with Crippen LogP contribution in [0.3, 0.4) is 0 Å². The fourth-order valence-electron chi connectivity index (χ4n) is 3.35. The van der Waals surface area contributed by atoms with Crippen molar-refractivity contribution >= 4 is 50.6 Å². The van der Waals surface area contributed by atoms with Crippen molar-refractivity contribution in [1.82, 2.24) is 5.16 Å². The van der Waals surface area contributed by atoms with E-state index in [4.69, 9.17) is 25.6 Å². The van der Waals surface area contributed by atoms with E-state index in [0.717, 1.165) is 11.3 Å².